The normalized spacial score (nSPS) is 15.6. The lowest BCUT2D eigenvalue weighted by Gasteiger charge is -2.25. The van der Waals surface area contributed by atoms with Crippen molar-refractivity contribution in [1.82, 2.24) is 4.41 Å². The molecule has 1 heterocycles. The summed E-state index contributed by atoms with van der Waals surface area (Å²) in [4.78, 5) is 0.147. The highest BCUT2D eigenvalue weighted by atomic mass is 32.2. The van der Waals surface area contributed by atoms with Gasteiger partial charge >= 0.3 is 0 Å². The maximum absolute atomic E-state index is 13.7. The highest BCUT2D eigenvalue weighted by molar-refractivity contribution is 7.89. The van der Waals surface area contributed by atoms with Gasteiger partial charge in [0.25, 0.3) is 10.0 Å². The number of benzene rings is 3. The molecule has 3 aromatic rings. The van der Waals surface area contributed by atoms with Gasteiger partial charge in [0.2, 0.25) is 0 Å². The Morgan fingerprint density at radius 2 is 1.56 bits per heavy atom. The molecule has 9 heteroatoms. The van der Waals surface area contributed by atoms with E-state index in [1.807, 2.05) is 12.1 Å². The predicted molar refractivity (Wildman–Crippen MR) is 128 cm³/mol. The van der Waals surface area contributed by atoms with Crippen LogP contribution in [0.15, 0.2) is 76.7 Å². The standard InChI is InChI=1S/C25H26N2O6S/c1-30-17-13-14-19(24(15-17)32-3)21-16-22(20-11-8-12-23(31-2)25(20)33-4)27(26-21)34(28,29)18-9-6-5-7-10-18/h5-15,22H,16H2,1-4H3/t22-/m0/s1. The number of rotatable bonds is 8. The molecule has 0 fully saturated rings. The largest absolute Gasteiger partial charge is 0.497 e. The van der Waals surface area contributed by atoms with Crippen LogP contribution in [0.1, 0.15) is 23.6 Å². The van der Waals surface area contributed by atoms with Crippen molar-refractivity contribution >= 4 is 15.7 Å². The summed E-state index contributed by atoms with van der Waals surface area (Å²) in [5.74, 6) is 2.13. The minimum atomic E-state index is -3.97. The van der Waals surface area contributed by atoms with Gasteiger partial charge in [0, 0.05) is 23.6 Å². The molecular weight excluding hydrogens is 456 g/mol. The Balaban J connectivity index is 1.88. The van der Waals surface area contributed by atoms with E-state index in [0.29, 0.717) is 46.3 Å². The first-order chi connectivity index (χ1) is 16.4. The van der Waals surface area contributed by atoms with Gasteiger partial charge in [-0.1, -0.05) is 30.3 Å². The molecule has 1 aliphatic rings. The molecule has 0 aromatic heterocycles. The first-order valence-corrected chi connectivity index (χ1v) is 12.0. The molecule has 34 heavy (non-hydrogen) atoms. The number of hydrazone groups is 1. The maximum atomic E-state index is 13.7. The number of ether oxygens (including phenoxy) is 4. The van der Waals surface area contributed by atoms with Crippen molar-refractivity contribution in [3.05, 3.63) is 77.9 Å². The van der Waals surface area contributed by atoms with E-state index in [9.17, 15) is 8.42 Å². The zero-order valence-corrected chi connectivity index (χ0v) is 20.2. The molecule has 178 valence electrons. The van der Waals surface area contributed by atoms with Crippen molar-refractivity contribution in [2.75, 3.05) is 28.4 Å². The number of hydrogen-bond acceptors (Lipinski definition) is 7. The quantitative estimate of drug-likeness (QED) is 0.477. The summed E-state index contributed by atoms with van der Waals surface area (Å²) < 4.78 is 50.5. The van der Waals surface area contributed by atoms with Gasteiger partial charge in [-0.15, -0.1) is 0 Å². The molecule has 0 saturated carbocycles. The van der Waals surface area contributed by atoms with Gasteiger partial charge in [-0.3, -0.25) is 0 Å². The number of para-hydroxylation sites is 1. The molecule has 0 saturated heterocycles. The molecule has 0 bridgehead atoms. The van der Waals surface area contributed by atoms with Crippen LogP contribution in [0.5, 0.6) is 23.0 Å². The van der Waals surface area contributed by atoms with E-state index in [4.69, 9.17) is 18.9 Å². The zero-order valence-electron chi connectivity index (χ0n) is 19.4. The summed E-state index contributed by atoms with van der Waals surface area (Å²) in [6.07, 6.45) is 0.304. The third-order valence-electron chi connectivity index (χ3n) is 5.67. The number of hydrogen-bond donors (Lipinski definition) is 0. The highest BCUT2D eigenvalue weighted by Gasteiger charge is 2.40. The number of methoxy groups -OCH3 is 4. The van der Waals surface area contributed by atoms with Crippen LogP contribution in [-0.4, -0.2) is 47.0 Å². The van der Waals surface area contributed by atoms with E-state index >= 15 is 0 Å². The third kappa shape index (κ3) is 4.14. The van der Waals surface area contributed by atoms with E-state index in [0.717, 1.165) is 4.41 Å². The van der Waals surface area contributed by atoms with E-state index < -0.39 is 16.1 Å². The van der Waals surface area contributed by atoms with Crippen molar-refractivity contribution in [3.8, 4) is 23.0 Å². The smallest absolute Gasteiger partial charge is 0.279 e. The Kier molecular flexibility index (Phi) is 6.65. The molecule has 0 radical (unpaired) electrons. The van der Waals surface area contributed by atoms with E-state index in [1.54, 1.807) is 75.9 Å². The molecule has 1 atom stereocenters. The van der Waals surface area contributed by atoms with E-state index in [-0.39, 0.29) is 4.90 Å². The van der Waals surface area contributed by atoms with E-state index in [1.165, 1.54) is 7.11 Å². The molecule has 0 spiro atoms. The minimum Gasteiger partial charge on any atom is -0.497 e. The Morgan fingerprint density at radius 1 is 0.824 bits per heavy atom. The van der Waals surface area contributed by atoms with Crippen LogP contribution in [0.3, 0.4) is 0 Å². The zero-order chi connectivity index (χ0) is 24.3. The molecule has 0 N–H and O–H groups in total. The Labute approximate surface area is 199 Å². The van der Waals surface area contributed by atoms with Crippen molar-refractivity contribution in [3.63, 3.8) is 0 Å². The molecule has 0 amide bonds. The van der Waals surface area contributed by atoms with Gasteiger partial charge in [0.05, 0.1) is 45.1 Å². The van der Waals surface area contributed by atoms with Crippen LogP contribution in [-0.2, 0) is 10.0 Å². The predicted octanol–water partition coefficient (Wildman–Crippen LogP) is 4.26. The maximum Gasteiger partial charge on any atom is 0.279 e. The third-order valence-corrected chi connectivity index (χ3v) is 7.37. The van der Waals surface area contributed by atoms with Gasteiger partial charge in [0.15, 0.2) is 11.5 Å². The molecule has 3 aromatic carbocycles. The molecule has 0 aliphatic carbocycles. The van der Waals surface area contributed by atoms with Crippen molar-refractivity contribution in [2.45, 2.75) is 17.4 Å². The fraction of sp³-hybridized carbons (Fsp3) is 0.240. The van der Waals surface area contributed by atoms with Crippen molar-refractivity contribution in [2.24, 2.45) is 5.10 Å². The van der Waals surface area contributed by atoms with Gasteiger partial charge in [-0.05, 0) is 30.3 Å². The highest BCUT2D eigenvalue weighted by Crippen LogP contribution is 2.44. The fourth-order valence-corrected chi connectivity index (χ4v) is 5.46. The summed E-state index contributed by atoms with van der Waals surface area (Å²) in [7, 11) is 2.22. The first-order valence-electron chi connectivity index (χ1n) is 10.5. The lowest BCUT2D eigenvalue weighted by atomic mass is 9.97. The molecular formula is C25H26N2O6S. The monoisotopic (exact) mass is 482 g/mol. The van der Waals surface area contributed by atoms with Gasteiger partial charge in [-0.25, -0.2) is 0 Å². The Bertz CT molecular complexity index is 1310. The molecule has 4 rings (SSSR count). The van der Waals surface area contributed by atoms with Crippen molar-refractivity contribution in [1.29, 1.82) is 0 Å². The van der Waals surface area contributed by atoms with Crippen LogP contribution in [0.2, 0.25) is 0 Å². The number of sulfonamides is 1. The molecule has 0 unspecified atom stereocenters. The molecule has 1 aliphatic heterocycles. The average molecular weight is 483 g/mol. The van der Waals surface area contributed by atoms with Gasteiger partial charge in [-0.2, -0.15) is 17.9 Å². The average Bonchev–Trinajstić information content (AvgIpc) is 3.34. The Hall–Kier alpha value is -3.72. The lowest BCUT2D eigenvalue weighted by molar-refractivity contribution is 0.328. The summed E-state index contributed by atoms with van der Waals surface area (Å²) in [5, 5.41) is 4.60. The minimum absolute atomic E-state index is 0.147. The Morgan fingerprint density at radius 3 is 2.21 bits per heavy atom. The summed E-state index contributed by atoms with van der Waals surface area (Å²) in [6.45, 7) is 0. The van der Waals surface area contributed by atoms with Crippen LogP contribution >= 0.6 is 0 Å². The summed E-state index contributed by atoms with van der Waals surface area (Å²) in [5.41, 5.74) is 1.89. The molecule has 8 nitrogen and oxygen atoms in total. The van der Waals surface area contributed by atoms with Gasteiger partial charge < -0.3 is 18.9 Å². The topological polar surface area (TPSA) is 86.7 Å². The van der Waals surface area contributed by atoms with Crippen LogP contribution in [0, 0.1) is 0 Å². The van der Waals surface area contributed by atoms with Gasteiger partial charge in [0.1, 0.15) is 11.5 Å². The van der Waals surface area contributed by atoms with Crippen molar-refractivity contribution < 1.29 is 27.4 Å². The summed E-state index contributed by atoms with van der Waals surface area (Å²) >= 11 is 0. The second kappa shape index (κ2) is 9.64. The number of nitrogens with zero attached hydrogens (tertiary/aromatic N) is 2. The first kappa shape index (κ1) is 23.4. The van der Waals surface area contributed by atoms with Crippen LogP contribution in [0.4, 0.5) is 0 Å². The van der Waals surface area contributed by atoms with Crippen LogP contribution < -0.4 is 18.9 Å². The second-order valence-electron chi connectivity index (χ2n) is 7.51. The van der Waals surface area contributed by atoms with E-state index in [2.05, 4.69) is 5.10 Å². The SMILES string of the molecule is COc1ccc(C2=NN(S(=O)(=O)c3ccccc3)[C@H](c3cccc(OC)c3OC)C2)c(OC)c1. The summed E-state index contributed by atoms with van der Waals surface area (Å²) in [6, 6.07) is 18.3. The lowest BCUT2D eigenvalue weighted by Crippen LogP contribution is -2.27. The van der Waals surface area contributed by atoms with Crippen LogP contribution in [0.25, 0.3) is 0 Å². The second-order valence-corrected chi connectivity index (χ2v) is 9.30. The fourth-order valence-electron chi connectivity index (χ4n) is 4.02.